The summed E-state index contributed by atoms with van der Waals surface area (Å²) < 4.78 is 1.60. The van der Waals surface area contributed by atoms with E-state index in [4.69, 9.17) is 10.1 Å². The topological polar surface area (TPSA) is 72.2 Å². The molecule has 0 unspecified atom stereocenters. The zero-order valence-electron chi connectivity index (χ0n) is 13.4. The van der Waals surface area contributed by atoms with Gasteiger partial charge in [-0.3, -0.25) is 14.2 Å². The molecule has 0 saturated heterocycles. The summed E-state index contributed by atoms with van der Waals surface area (Å²) in [5.41, 5.74) is 0.762. The summed E-state index contributed by atoms with van der Waals surface area (Å²) in [5, 5.41) is 9.47. The minimum absolute atomic E-state index is 0.0303. The lowest BCUT2D eigenvalue weighted by molar-refractivity contribution is -0.137. The Balaban J connectivity index is 2.15. The van der Waals surface area contributed by atoms with Gasteiger partial charge in [-0.1, -0.05) is 37.3 Å². The average molecular weight is 342 g/mol. The second-order valence-electron chi connectivity index (χ2n) is 5.54. The number of benzene rings is 1. The van der Waals surface area contributed by atoms with Crippen molar-refractivity contribution in [2.75, 3.05) is 0 Å². The molecule has 0 saturated carbocycles. The molecule has 0 aliphatic carbocycles. The predicted molar refractivity (Wildman–Crippen MR) is 95.6 cm³/mol. The van der Waals surface area contributed by atoms with Crippen molar-refractivity contribution in [3.63, 3.8) is 0 Å². The molecule has 0 radical (unpaired) electrons. The second-order valence-corrected chi connectivity index (χ2v) is 6.66. The molecule has 2 heterocycles. The summed E-state index contributed by atoms with van der Waals surface area (Å²) in [5.74, 6) is -0.259. The minimum Gasteiger partial charge on any atom is -0.481 e. The molecule has 0 aliphatic heterocycles. The van der Waals surface area contributed by atoms with Crippen LogP contribution in [0.25, 0.3) is 21.6 Å². The Labute approximate surface area is 143 Å². The van der Waals surface area contributed by atoms with E-state index >= 15 is 0 Å². The SMILES string of the molecule is CCc1cc2c(=O)n(CCCC(=O)O)c(-c3ccccc3)nc2s1. The number of rotatable bonds is 6. The van der Waals surface area contributed by atoms with Crippen molar-refractivity contribution in [2.45, 2.75) is 32.7 Å². The maximum Gasteiger partial charge on any atom is 0.303 e. The first-order chi connectivity index (χ1) is 11.6. The Bertz CT molecular complexity index is 929. The summed E-state index contributed by atoms with van der Waals surface area (Å²) in [6, 6.07) is 11.4. The number of aryl methyl sites for hydroxylation is 1. The molecule has 6 heteroatoms. The van der Waals surface area contributed by atoms with E-state index in [2.05, 4.69) is 0 Å². The fourth-order valence-electron chi connectivity index (χ4n) is 2.64. The van der Waals surface area contributed by atoms with Crippen molar-refractivity contribution in [2.24, 2.45) is 0 Å². The molecule has 0 fully saturated rings. The molecule has 2 aromatic heterocycles. The van der Waals surface area contributed by atoms with E-state index in [1.165, 1.54) is 11.3 Å². The van der Waals surface area contributed by atoms with Gasteiger partial charge in [-0.25, -0.2) is 4.98 Å². The maximum absolute atomic E-state index is 12.9. The number of nitrogens with zero attached hydrogens (tertiary/aromatic N) is 2. The Morgan fingerprint density at radius 3 is 2.71 bits per heavy atom. The highest BCUT2D eigenvalue weighted by Crippen LogP contribution is 2.25. The monoisotopic (exact) mass is 342 g/mol. The number of carboxylic acids is 1. The van der Waals surface area contributed by atoms with E-state index in [1.807, 2.05) is 43.3 Å². The van der Waals surface area contributed by atoms with E-state index in [0.717, 1.165) is 21.7 Å². The lowest BCUT2D eigenvalue weighted by Gasteiger charge is -2.12. The first-order valence-electron chi connectivity index (χ1n) is 7.90. The summed E-state index contributed by atoms with van der Waals surface area (Å²) in [6.45, 7) is 2.39. The molecule has 3 aromatic rings. The zero-order valence-corrected chi connectivity index (χ0v) is 14.2. The summed E-state index contributed by atoms with van der Waals surface area (Å²) in [6.07, 6.45) is 1.29. The van der Waals surface area contributed by atoms with Gasteiger partial charge in [0.05, 0.1) is 5.39 Å². The molecule has 5 nitrogen and oxygen atoms in total. The third-order valence-electron chi connectivity index (χ3n) is 3.85. The fourth-order valence-corrected chi connectivity index (χ4v) is 3.60. The Morgan fingerprint density at radius 2 is 2.04 bits per heavy atom. The van der Waals surface area contributed by atoms with Crippen LogP contribution >= 0.6 is 11.3 Å². The number of carboxylic acid groups (broad SMARTS) is 1. The lowest BCUT2D eigenvalue weighted by Crippen LogP contribution is -2.23. The standard InChI is InChI=1S/C18H18N2O3S/c1-2-13-11-14-17(24-13)19-16(12-7-4-3-5-8-12)20(18(14)23)10-6-9-15(21)22/h3-5,7-8,11H,2,6,9-10H2,1H3,(H,21,22). The third kappa shape index (κ3) is 3.23. The first kappa shape index (κ1) is 16.4. The lowest BCUT2D eigenvalue weighted by atomic mass is 10.2. The van der Waals surface area contributed by atoms with Crippen LogP contribution in [0.15, 0.2) is 41.2 Å². The van der Waals surface area contributed by atoms with Crippen LogP contribution in [0.3, 0.4) is 0 Å². The van der Waals surface area contributed by atoms with Gasteiger partial charge in [0.1, 0.15) is 10.7 Å². The number of aliphatic carboxylic acids is 1. The van der Waals surface area contributed by atoms with Crippen molar-refractivity contribution in [1.29, 1.82) is 0 Å². The average Bonchev–Trinajstić information content (AvgIpc) is 3.01. The van der Waals surface area contributed by atoms with E-state index in [9.17, 15) is 9.59 Å². The first-order valence-corrected chi connectivity index (χ1v) is 8.72. The Morgan fingerprint density at radius 1 is 1.29 bits per heavy atom. The number of hydrogen-bond acceptors (Lipinski definition) is 4. The maximum atomic E-state index is 12.9. The quantitative estimate of drug-likeness (QED) is 0.743. The van der Waals surface area contributed by atoms with Crippen molar-refractivity contribution in [3.8, 4) is 11.4 Å². The van der Waals surface area contributed by atoms with Crippen molar-refractivity contribution in [1.82, 2.24) is 9.55 Å². The molecule has 124 valence electrons. The smallest absolute Gasteiger partial charge is 0.303 e. The van der Waals surface area contributed by atoms with Crippen LogP contribution in [0.4, 0.5) is 0 Å². The number of carbonyl (C=O) groups is 1. The Hall–Kier alpha value is -2.47. The minimum atomic E-state index is -0.859. The summed E-state index contributed by atoms with van der Waals surface area (Å²) in [4.78, 5) is 30.3. The number of hydrogen-bond donors (Lipinski definition) is 1. The van der Waals surface area contributed by atoms with E-state index in [0.29, 0.717) is 24.2 Å². The van der Waals surface area contributed by atoms with Crippen molar-refractivity contribution >= 4 is 27.5 Å². The van der Waals surface area contributed by atoms with Gasteiger partial charge in [0.2, 0.25) is 0 Å². The van der Waals surface area contributed by atoms with Crippen LogP contribution < -0.4 is 5.56 Å². The molecule has 1 N–H and O–H groups in total. The van der Waals surface area contributed by atoms with E-state index in [1.54, 1.807) is 4.57 Å². The highest BCUT2D eigenvalue weighted by atomic mass is 32.1. The molecule has 0 atom stereocenters. The zero-order chi connectivity index (χ0) is 17.1. The van der Waals surface area contributed by atoms with Crippen LogP contribution in [0.1, 0.15) is 24.6 Å². The predicted octanol–water partition coefficient (Wildman–Crippen LogP) is 3.55. The third-order valence-corrected chi connectivity index (χ3v) is 5.03. The normalized spacial score (nSPS) is 11.0. The van der Waals surface area contributed by atoms with Gasteiger partial charge in [0, 0.05) is 23.4 Å². The molecular formula is C18H18N2O3S. The molecular weight excluding hydrogens is 324 g/mol. The second kappa shape index (κ2) is 6.97. The van der Waals surface area contributed by atoms with Crippen LogP contribution in [0.2, 0.25) is 0 Å². The van der Waals surface area contributed by atoms with Gasteiger partial charge in [0.25, 0.3) is 5.56 Å². The van der Waals surface area contributed by atoms with Gasteiger partial charge in [0.15, 0.2) is 0 Å². The van der Waals surface area contributed by atoms with Gasteiger partial charge in [-0.15, -0.1) is 11.3 Å². The molecule has 0 amide bonds. The van der Waals surface area contributed by atoms with E-state index < -0.39 is 5.97 Å². The van der Waals surface area contributed by atoms with Crippen LogP contribution in [0, 0.1) is 0 Å². The van der Waals surface area contributed by atoms with Gasteiger partial charge >= 0.3 is 5.97 Å². The van der Waals surface area contributed by atoms with Gasteiger partial charge in [-0.2, -0.15) is 0 Å². The number of aromatic nitrogens is 2. The Kier molecular flexibility index (Phi) is 4.76. The van der Waals surface area contributed by atoms with Crippen molar-refractivity contribution in [3.05, 3.63) is 51.6 Å². The largest absolute Gasteiger partial charge is 0.481 e. The molecule has 0 bridgehead atoms. The van der Waals surface area contributed by atoms with E-state index in [-0.39, 0.29) is 12.0 Å². The van der Waals surface area contributed by atoms with Gasteiger partial charge in [-0.05, 0) is 18.9 Å². The van der Waals surface area contributed by atoms with Crippen molar-refractivity contribution < 1.29 is 9.90 Å². The molecule has 0 spiro atoms. The number of fused-ring (bicyclic) bond motifs is 1. The molecule has 24 heavy (non-hydrogen) atoms. The van der Waals surface area contributed by atoms with Gasteiger partial charge < -0.3 is 5.11 Å². The van der Waals surface area contributed by atoms with Crippen LogP contribution in [-0.4, -0.2) is 20.6 Å². The van der Waals surface area contributed by atoms with Crippen LogP contribution in [-0.2, 0) is 17.8 Å². The molecule has 0 aliphatic rings. The highest BCUT2D eigenvalue weighted by Gasteiger charge is 2.15. The number of thiophene rings is 1. The summed E-state index contributed by atoms with van der Waals surface area (Å²) in [7, 11) is 0. The molecule has 3 rings (SSSR count). The highest BCUT2D eigenvalue weighted by molar-refractivity contribution is 7.18. The fraction of sp³-hybridized carbons (Fsp3) is 0.278. The summed E-state index contributed by atoms with van der Waals surface area (Å²) >= 11 is 1.54. The molecule has 1 aromatic carbocycles. The van der Waals surface area contributed by atoms with Crippen LogP contribution in [0.5, 0.6) is 0 Å².